The van der Waals surface area contributed by atoms with Crippen molar-refractivity contribution in [3.63, 3.8) is 0 Å². The molecule has 8 heteroatoms. The lowest BCUT2D eigenvalue weighted by Crippen LogP contribution is -2.57. The van der Waals surface area contributed by atoms with Crippen molar-refractivity contribution in [1.29, 1.82) is 0 Å². The van der Waals surface area contributed by atoms with Gasteiger partial charge in [-0.3, -0.25) is 14.5 Å². The molecular weight excluding hydrogens is 344 g/mol. The van der Waals surface area contributed by atoms with Crippen LogP contribution in [0.2, 0.25) is 0 Å². The molecule has 152 valence electrons. The molecule has 2 aliphatic heterocycles. The molecule has 2 N–H and O–H groups in total. The van der Waals surface area contributed by atoms with E-state index in [1.165, 1.54) is 0 Å². The fourth-order valence-electron chi connectivity index (χ4n) is 3.75. The molecule has 2 heterocycles. The smallest absolute Gasteiger partial charge is 0.242 e. The van der Waals surface area contributed by atoms with Crippen molar-refractivity contribution in [3.8, 4) is 0 Å². The van der Waals surface area contributed by atoms with Crippen molar-refractivity contribution in [3.05, 3.63) is 0 Å². The third kappa shape index (κ3) is 5.57. The van der Waals surface area contributed by atoms with Crippen LogP contribution >= 0.6 is 0 Å². The van der Waals surface area contributed by atoms with E-state index in [0.717, 1.165) is 77.5 Å². The third-order valence-electron chi connectivity index (χ3n) is 5.59. The Labute approximate surface area is 162 Å². The second kappa shape index (κ2) is 9.39. The molecule has 1 unspecified atom stereocenters. The molecule has 1 aliphatic carbocycles. The van der Waals surface area contributed by atoms with Crippen LogP contribution < -0.4 is 10.6 Å². The van der Waals surface area contributed by atoms with E-state index >= 15 is 0 Å². The van der Waals surface area contributed by atoms with Gasteiger partial charge in [0.15, 0.2) is 5.96 Å². The number of rotatable bonds is 6. The highest BCUT2D eigenvalue weighted by Gasteiger charge is 2.30. The molecule has 27 heavy (non-hydrogen) atoms. The van der Waals surface area contributed by atoms with Crippen LogP contribution in [0.4, 0.5) is 0 Å². The minimum absolute atomic E-state index is 0.00336. The van der Waals surface area contributed by atoms with Crippen molar-refractivity contribution in [2.45, 2.75) is 51.6 Å². The van der Waals surface area contributed by atoms with Crippen LogP contribution in [0.25, 0.3) is 0 Å². The molecule has 0 aromatic heterocycles. The van der Waals surface area contributed by atoms with Crippen LogP contribution in [-0.2, 0) is 9.59 Å². The number of hydrogen-bond donors (Lipinski definition) is 2. The Bertz CT molecular complexity index is 548. The predicted molar refractivity (Wildman–Crippen MR) is 106 cm³/mol. The van der Waals surface area contributed by atoms with Crippen molar-refractivity contribution in [2.24, 2.45) is 4.99 Å². The van der Waals surface area contributed by atoms with Gasteiger partial charge in [0.25, 0.3) is 0 Å². The number of hydrogen-bond acceptors (Lipinski definition) is 4. The average Bonchev–Trinajstić information content (AvgIpc) is 3.32. The Hall–Kier alpha value is -1.83. The molecule has 0 bridgehead atoms. The molecule has 3 fully saturated rings. The number of guanidine groups is 1. The zero-order valence-electron chi connectivity index (χ0n) is 16.7. The Kier molecular flexibility index (Phi) is 6.93. The quantitative estimate of drug-likeness (QED) is 0.497. The zero-order valence-corrected chi connectivity index (χ0v) is 16.7. The van der Waals surface area contributed by atoms with Gasteiger partial charge >= 0.3 is 0 Å². The first-order valence-electron chi connectivity index (χ1n) is 10.4. The third-order valence-corrected chi connectivity index (χ3v) is 5.59. The number of piperazine rings is 1. The van der Waals surface area contributed by atoms with Crippen LogP contribution in [0, 0.1) is 0 Å². The van der Waals surface area contributed by atoms with Gasteiger partial charge in [-0.05, 0) is 39.5 Å². The van der Waals surface area contributed by atoms with E-state index < -0.39 is 0 Å². The van der Waals surface area contributed by atoms with Crippen LogP contribution in [0.15, 0.2) is 4.99 Å². The standard InChI is InChI=1S/C19H34N6O2/c1-3-20-19(21-14-17(26)22-16-6-7-16)25-12-10-23(11-13-25)15(2)18(27)24-8-4-5-9-24/h15-16H,3-14H2,1-2H3,(H,20,21)(H,22,26). The molecule has 0 spiro atoms. The summed E-state index contributed by atoms with van der Waals surface area (Å²) in [5.41, 5.74) is 0. The van der Waals surface area contributed by atoms with Crippen LogP contribution in [0.1, 0.15) is 39.5 Å². The number of nitrogens with one attached hydrogen (secondary N) is 2. The number of likely N-dealkylation sites (tertiary alicyclic amines) is 1. The second-order valence-electron chi connectivity index (χ2n) is 7.74. The maximum atomic E-state index is 12.6. The molecule has 2 saturated heterocycles. The highest BCUT2D eigenvalue weighted by molar-refractivity contribution is 5.85. The molecular formula is C19H34N6O2. The Balaban J connectivity index is 1.48. The molecule has 3 aliphatic rings. The summed E-state index contributed by atoms with van der Waals surface area (Å²) in [7, 11) is 0. The van der Waals surface area contributed by atoms with E-state index in [0.29, 0.717) is 6.04 Å². The van der Waals surface area contributed by atoms with Gasteiger partial charge in [-0.25, -0.2) is 4.99 Å². The van der Waals surface area contributed by atoms with E-state index in [1.807, 2.05) is 18.7 Å². The van der Waals surface area contributed by atoms with Gasteiger partial charge < -0.3 is 20.4 Å². The van der Waals surface area contributed by atoms with Crippen molar-refractivity contribution in [1.82, 2.24) is 25.3 Å². The molecule has 1 atom stereocenters. The topological polar surface area (TPSA) is 80.3 Å². The normalized spacial score (nSPS) is 22.7. The van der Waals surface area contributed by atoms with Crippen LogP contribution in [0.5, 0.6) is 0 Å². The lowest BCUT2D eigenvalue weighted by atomic mass is 10.2. The predicted octanol–water partition coefficient (Wildman–Crippen LogP) is -0.141. The summed E-state index contributed by atoms with van der Waals surface area (Å²) >= 11 is 0. The number of amides is 2. The minimum atomic E-state index is -0.0610. The SMILES string of the molecule is CCNC(=NCC(=O)NC1CC1)N1CCN(C(C)C(=O)N2CCCC2)CC1. The second-order valence-corrected chi connectivity index (χ2v) is 7.74. The van der Waals surface area contributed by atoms with Gasteiger partial charge in [0.1, 0.15) is 6.54 Å². The largest absolute Gasteiger partial charge is 0.357 e. The molecule has 0 aromatic rings. The Morgan fingerprint density at radius 1 is 1.04 bits per heavy atom. The number of nitrogens with zero attached hydrogens (tertiary/aromatic N) is 4. The van der Waals surface area contributed by atoms with Crippen molar-refractivity contribution >= 4 is 17.8 Å². The molecule has 8 nitrogen and oxygen atoms in total. The zero-order chi connectivity index (χ0) is 19.2. The number of carbonyl (C=O) groups excluding carboxylic acids is 2. The molecule has 1 saturated carbocycles. The summed E-state index contributed by atoms with van der Waals surface area (Å²) in [5, 5.41) is 6.26. The molecule has 3 rings (SSSR count). The van der Waals surface area contributed by atoms with Gasteiger partial charge in [-0.2, -0.15) is 0 Å². The number of carbonyl (C=O) groups is 2. The summed E-state index contributed by atoms with van der Waals surface area (Å²) in [5.74, 6) is 1.05. The summed E-state index contributed by atoms with van der Waals surface area (Å²) in [6, 6.07) is 0.308. The highest BCUT2D eigenvalue weighted by atomic mass is 16.2. The first-order valence-corrected chi connectivity index (χ1v) is 10.4. The summed E-state index contributed by atoms with van der Waals surface area (Å²) < 4.78 is 0. The molecule has 0 radical (unpaired) electrons. The van der Waals surface area contributed by atoms with E-state index in [2.05, 4.69) is 25.4 Å². The molecule has 2 amide bonds. The van der Waals surface area contributed by atoms with E-state index in [-0.39, 0.29) is 24.4 Å². The molecule has 0 aromatic carbocycles. The fraction of sp³-hybridized carbons (Fsp3) is 0.842. The monoisotopic (exact) mass is 378 g/mol. The summed E-state index contributed by atoms with van der Waals surface area (Å²) in [4.78, 5) is 35.5. The minimum Gasteiger partial charge on any atom is -0.357 e. The van der Waals surface area contributed by atoms with Crippen LogP contribution in [-0.4, -0.2) is 96.9 Å². The lowest BCUT2D eigenvalue weighted by molar-refractivity contribution is -0.135. The van der Waals surface area contributed by atoms with Gasteiger partial charge in [-0.1, -0.05) is 0 Å². The van der Waals surface area contributed by atoms with E-state index in [4.69, 9.17) is 0 Å². The van der Waals surface area contributed by atoms with Gasteiger partial charge in [-0.15, -0.1) is 0 Å². The van der Waals surface area contributed by atoms with Crippen LogP contribution in [0.3, 0.4) is 0 Å². The van der Waals surface area contributed by atoms with Gasteiger partial charge in [0.05, 0.1) is 6.04 Å². The Morgan fingerprint density at radius 2 is 1.70 bits per heavy atom. The first kappa shape index (κ1) is 19.9. The fourth-order valence-corrected chi connectivity index (χ4v) is 3.75. The highest BCUT2D eigenvalue weighted by Crippen LogP contribution is 2.18. The first-order chi connectivity index (χ1) is 13.1. The van der Waals surface area contributed by atoms with Gasteiger partial charge in [0, 0.05) is 51.9 Å². The lowest BCUT2D eigenvalue weighted by Gasteiger charge is -2.39. The summed E-state index contributed by atoms with van der Waals surface area (Å²) in [6.07, 6.45) is 4.43. The van der Waals surface area contributed by atoms with Gasteiger partial charge in [0.2, 0.25) is 11.8 Å². The number of aliphatic imine (C=N–C) groups is 1. The maximum absolute atomic E-state index is 12.6. The summed E-state index contributed by atoms with van der Waals surface area (Å²) in [6.45, 7) is 10.1. The van der Waals surface area contributed by atoms with E-state index in [9.17, 15) is 9.59 Å². The Morgan fingerprint density at radius 3 is 2.30 bits per heavy atom. The van der Waals surface area contributed by atoms with Crippen molar-refractivity contribution in [2.75, 3.05) is 52.4 Å². The average molecular weight is 379 g/mol. The maximum Gasteiger partial charge on any atom is 0.242 e. The van der Waals surface area contributed by atoms with Crippen molar-refractivity contribution < 1.29 is 9.59 Å². The van der Waals surface area contributed by atoms with E-state index in [1.54, 1.807) is 0 Å².